The molecule has 1 aliphatic rings. The molecule has 170 valence electrons. The Morgan fingerprint density at radius 2 is 1.88 bits per heavy atom. The van der Waals surface area contributed by atoms with Gasteiger partial charge in [-0.3, -0.25) is 9.97 Å². The number of aryl methyl sites for hydroxylation is 2. The summed E-state index contributed by atoms with van der Waals surface area (Å²) in [6.07, 6.45) is 8.34. The topological polar surface area (TPSA) is 109 Å². The molecule has 1 aliphatic carbocycles. The second-order valence-electron chi connectivity index (χ2n) is 8.53. The van der Waals surface area contributed by atoms with Crippen LogP contribution in [-0.2, 0) is 6.54 Å². The van der Waals surface area contributed by atoms with Gasteiger partial charge < -0.3 is 15.7 Å². The molecule has 0 bridgehead atoms. The number of pyridine rings is 2. The molecule has 5 rings (SSSR count). The number of thiazole rings is 1. The Morgan fingerprint density at radius 3 is 2.64 bits per heavy atom. The van der Waals surface area contributed by atoms with Crippen LogP contribution in [0.4, 0.5) is 11.8 Å². The molecule has 33 heavy (non-hydrogen) atoms. The number of hydrogen-bond acceptors (Lipinski definition) is 9. The Labute approximate surface area is 196 Å². The third-order valence-electron chi connectivity index (χ3n) is 6.13. The predicted molar refractivity (Wildman–Crippen MR) is 131 cm³/mol. The van der Waals surface area contributed by atoms with Crippen molar-refractivity contribution in [2.75, 3.05) is 17.2 Å². The first-order valence-corrected chi connectivity index (χ1v) is 12.0. The number of rotatable bonds is 7. The van der Waals surface area contributed by atoms with E-state index in [0.29, 0.717) is 18.4 Å². The maximum Gasteiger partial charge on any atom is 0.225 e. The summed E-state index contributed by atoms with van der Waals surface area (Å²) < 4.78 is 1.10. The second kappa shape index (κ2) is 9.36. The van der Waals surface area contributed by atoms with E-state index < -0.39 is 0 Å². The number of nitrogens with zero attached hydrogens (tertiary/aromatic N) is 5. The number of hydrogen-bond donors (Lipinski definition) is 3. The minimum Gasteiger partial charge on any atom is -0.396 e. The van der Waals surface area contributed by atoms with Gasteiger partial charge in [0.05, 0.1) is 21.7 Å². The van der Waals surface area contributed by atoms with Gasteiger partial charge in [-0.1, -0.05) is 0 Å². The first kappa shape index (κ1) is 21.7. The lowest BCUT2D eigenvalue weighted by Gasteiger charge is -2.18. The van der Waals surface area contributed by atoms with Gasteiger partial charge in [0.1, 0.15) is 16.3 Å². The third kappa shape index (κ3) is 4.65. The van der Waals surface area contributed by atoms with Crippen LogP contribution in [0.1, 0.15) is 36.2 Å². The number of aliphatic hydroxyl groups is 1. The maximum atomic E-state index is 9.57. The van der Waals surface area contributed by atoms with Crippen LogP contribution in [-0.4, -0.2) is 42.7 Å². The molecular formula is C24H27N7OS. The Hall–Kier alpha value is -3.17. The molecule has 1 fully saturated rings. The molecule has 0 amide bonds. The molecule has 0 spiro atoms. The summed E-state index contributed by atoms with van der Waals surface area (Å²) in [5, 5.41) is 17.5. The fraction of sp³-hybridized carbons (Fsp3) is 0.375. The van der Waals surface area contributed by atoms with Gasteiger partial charge in [-0.15, -0.1) is 11.3 Å². The fourth-order valence-corrected chi connectivity index (χ4v) is 5.46. The number of fused-ring (bicyclic) bond motifs is 1. The quantitative estimate of drug-likeness (QED) is 0.373. The van der Waals surface area contributed by atoms with Crippen molar-refractivity contribution >= 4 is 33.3 Å². The fourth-order valence-electron chi connectivity index (χ4n) is 4.35. The van der Waals surface area contributed by atoms with Gasteiger partial charge in [0.2, 0.25) is 5.95 Å². The zero-order chi connectivity index (χ0) is 22.8. The first-order valence-electron chi connectivity index (χ1n) is 11.2. The summed E-state index contributed by atoms with van der Waals surface area (Å²) in [7, 11) is 0. The molecule has 8 nitrogen and oxygen atoms in total. The molecule has 2 unspecified atom stereocenters. The average Bonchev–Trinajstić information content (AvgIpc) is 3.46. The van der Waals surface area contributed by atoms with Gasteiger partial charge in [0.25, 0.3) is 0 Å². The molecule has 4 aromatic rings. The lowest BCUT2D eigenvalue weighted by Crippen LogP contribution is -2.19. The summed E-state index contributed by atoms with van der Waals surface area (Å²) in [4.78, 5) is 23.0. The summed E-state index contributed by atoms with van der Waals surface area (Å²) >= 11 is 1.63. The molecule has 2 atom stereocenters. The van der Waals surface area contributed by atoms with Crippen LogP contribution < -0.4 is 10.6 Å². The predicted octanol–water partition coefficient (Wildman–Crippen LogP) is 4.35. The molecule has 4 heterocycles. The van der Waals surface area contributed by atoms with E-state index in [9.17, 15) is 5.11 Å². The third-order valence-corrected chi connectivity index (χ3v) is 7.17. The van der Waals surface area contributed by atoms with Gasteiger partial charge in [-0.2, -0.15) is 4.98 Å². The molecule has 0 saturated heterocycles. The van der Waals surface area contributed by atoms with Crippen molar-refractivity contribution in [2.24, 2.45) is 5.92 Å². The highest BCUT2D eigenvalue weighted by Gasteiger charge is 2.26. The van der Waals surface area contributed by atoms with Crippen LogP contribution in [0.2, 0.25) is 0 Å². The Kier molecular flexibility index (Phi) is 6.15. The molecule has 4 aromatic heterocycles. The minimum atomic E-state index is 0.233. The van der Waals surface area contributed by atoms with Gasteiger partial charge in [-0.05, 0) is 62.8 Å². The van der Waals surface area contributed by atoms with Gasteiger partial charge in [-0.25, -0.2) is 9.97 Å². The Balaban J connectivity index is 1.51. The maximum absolute atomic E-state index is 9.57. The molecule has 3 N–H and O–H groups in total. The SMILES string of the molecule is Cc1nc(NCc2ccncc2)nc(NC2CCC(CO)C2)c1-c1nc2c(C)nccc2s1. The lowest BCUT2D eigenvalue weighted by molar-refractivity contribution is 0.229. The van der Waals surface area contributed by atoms with Crippen LogP contribution in [0, 0.1) is 19.8 Å². The highest BCUT2D eigenvalue weighted by Crippen LogP contribution is 2.38. The van der Waals surface area contributed by atoms with Crippen LogP contribution in [0.15, 0.2) is 36.8 Å². The number of aromatic nitrogens is 5. The van der Waals surface area contributed by atoms with E-state index in [1.54, 1.807) is 23.7 Å². The zero-order valence-electron chi connectivity index (χ0n) is 18.7. The van der Waals surface area contributed by atoms with E-state index in [-0.39, 0.29) is 12.6 Å². The zero-order valence-corrected chi connectivity index (χ0v) is 19.6. The van der Waals surface area contributed by atoms with E-state index in [2.05, 4.69) is 20.6 Å². The van der Waals surface area contributed by atoms with E-state index in [0.717, 1.165) is 62.8 Å². The molecule has 0 radical (unpaired) electrons. The number of nitrogens with one attached hydrogen (secondary N) is 2. The largest absolute Gasteiger partial charge is 0.396 e. The second-order valence-corrected chi connectivity index (χ2v) is 9.56. The number of aliphatic hydroxyl groups excluding tert-OH is 1. The highest BCUT2D eigenvalue weighted by atomic mass is 32.1. The van der Waals surface area contributed by atoms with Gasteiger partial charge in [0.15, 0.2) is 0 Å². The normalized spacial score (nSPS) is 18.0. The van der Waals surface area contributed by atoms with Gasteiger partial charge >= 0.3 is 0 Å². The standard InChI is InChI=1S/C24H27N7OS/c1-14-20(23-30-21-15(2)26-10-7-19(21)33-23)22(29-18-4-3-17(11-18)13-32)31-24(28-14)27-12-16-5-8-25-9-6-16/h5-10,17-18,32H,3-4,11-13H2,1-2H3,(H2,27,28,29,31). The van der Waals surface area contributed by atoms with Crippen LogP contribution in [0.3, 0.4) is 0 Å². The van der Waals surface area contributed by atoms with Crippen molar-refractivity contribution < 1.29 is 5.11 Å². The Morgan fingerprint density at radius 1 is 1.03 bits per heavy atom. The highest BCUT2D eigenvalue weighted by molar-refractivity contribution is 7.21. The smallest absolute Gasteiger partial charge is 0.225 e. The Bertz CT molecular complexity index is 1260. The molecule has 0 aromatic carbocycles. The molecule has 0 aliphatic heterocycles. The van der Waals surface area contributed by atoms with Crippen LogP contribution >= 0.6 is 11.3 Å². The first-order chi connectivity index (χ1) is 16.1. The summed E-state index contributed by atoms with van der Waals surface area (Å²) in [5.74, 6) is 1.70. The summed E-state index contributed by atoms with van der Waals surface area (Å²) in [6, 6.07) is 6.21. The molecule has 1 saturated carbocycles. The monoisotopic (exact) mass is 461 g/mol. The van der Waals surface area contributed by atoms with Crippen LogP contribution in [0.5, 0.6) is 0 Å². The molecular weight excluding hydrogens is 434 g/mol. The van der Waals surface area contributed by atoms with E-state index >= 15 is 0 Å². The van der Waals surface area contributed by atoms with E-state index in [1.165, 1.54) is 0 Å². The van der Waals surface area contributed by atoms with E-state index in [1.807, 2.05) is 38.2 Å². The average molecular weight is 462 g/mol. The summed E-state index contributed by atoms with van der Waals surface area (Å²) in [6.45, 7) is 4.83. The van der Waals surface area contributed by atoms with Crippen molar-refractivity contribution in [2.45, 2.75) is 45.7 Å². The minimum absolute atomic E-state index is 0.233. The van der Waals surface area contributed by atoms with Crippen molar-refractivity contribution in [3.8, 4) is 10.6 Å². The van der Waals surface area contributed by atoms with Crippen molar-refractivity contribution in [1.82, 2.24) is 24.9 Å². The van der Waals surface area contributed by atoms with Crippen LogP contribution in [0.25, 0.3) is 20.8 Å². The van der Waals surface area contributed by atoms with Crippen molar-refractivity contribution in [1.29, 1.82) is 0 Å². The van der Waals surface area contributed by atoms with Crippen molar-refractivity contribution in [3.63, 3.8) is 0 Å². The number of anilines is 2. The van der Waals surface area contributed by atoms with Crippen molar-refractivity contribution in [3.05, 3.63) is 53.7 Å². The van der Waals surface area contributed by atoms with Gasteiger partial charge in [0, 0.05) is 37.8 Å². The summed E-state index contributed by atoms with van der Waals surface area (Å²) in [5.41, 5.74) is 4.74. The lowest BCUT2D eigenvalue weighted by atomic mass is 10.1. The molecule has 9 heteroatoms. The van der Waals surface area contributed by atoms with E-state index in [4.69, 9.17) is 15.0 Å².